The van der Waals surface area contributed by atoms with Gasteiger partial charge in [0.05, 0.1) is 6.61 Å². The van der Waals surface area contributed by atoms with Crippen molar-refractivity contribution in [2.75, 3.05) is 6.61 Å². The van der Waals surface area contributed by atoms with Gasteiger partial charge in [-0.15, -0.1) is 6.58 Å². The summed E-state index contributed by atoms with van der Waals surface area (Å²) in [5.74, 6) is -0.788. The van der Waals surface area contributed by atoms with Crippen LogP contribution in [0.25, 0.3) is 0 Å². The molecule has 0 saturated carbocycles. The van der Waals surface area contributed by atoms with Crippen molar-refractivity contribution in [1.82, 2.24) is 0 Å². The fraction of sp³-hybridized carbons (Fsp3) is 0.500. The third-order valence-corrected chi connectivity index (χ3v) is 1.14. The Balaban J connectivity index is 3.07. The molecule has 11 heavy (non-hydrogen) atoms. The van der Waals surface area contributed by atoms with Crippen LogP contribution in [0, 0.1) is 0 Å². The minimum Gasteiger partial charge on any atom is -0.460 e. The van der Waals surface area contributed by atoms with Gasteiger partial charge in [-0.05, 0) is 19.3 Å². The molecule has 0 aliphatic carbocycles. The van der Waals surface area contributed by atoms with Gasteiger partial charge in [-0.25, -0.2) is 4.79 Å². The minimum absolute atomic E-state index is 0.174. The highest BCUT2D eigenvalue weighted by Crippen LogP contribution is 1.95. The van der Waals surface area contributed by atoms with Gasteiger partial charge in [0.1, 0.15) is 0 Å². The van der Waals surface area contributed by atoms with Crippen LogP contribution in [-0.2, 0) is 14.3 Å². The summed E-state index contributed by atoms with van der Waals surface area (Å²) in [7, 11) is 0. The van der Waals surface area contributed by atoms with E-state index in [1.165, 1.54) is 0 Å². The summed E-state index contributed by atoms with van der Waals surface area (Å²) in [5, 5.41) is 0. The van der Waals surface area contributed by atoms with Gasteiger partial charge in [-0.2, -0.15) is 0 Å². The van der Waals surface area contributed by atoms with E-state index < -0.39 is 5.97 Å². The summed E-state index contributed by atoms with van der Waals surface area (Å²) in [6.07, 6.45) is 4.62. The fourth-order valence-corrected chi connectivity index (χ4v) is 0.598. The number of aldehydes is 1. The molecule has 0 aliphatic heterocycles. The molecular formula is C8H12O3. The monoisotopic (exact) mass is 156 g/mol. The highest BCUT2D eigenvalue weighted by Gasteiger charge is 1.96. The van der Waals surface area contributed by atoms with E-state index >= 15 is 0 Å². The van der Waals surface area contributed by atoms with Crippen LogP contribution >= 0.6 is 0 Å². The average Bonchev–Trinajstić information content (AvgIpc) is 2.04. The molecule has 0 rings (SSSR count). The molecule has 3 heteroatoms. The lowest BCUT2D eigenvalue weighted by atomic mass is 10.2. The summed E-state index contributed by atoms with van der Waals surface area (Å²) in [4.78, 5) is 20.0. The zero-order valence-corrected chi connectivity index (χ0v) is 6.41. The van der Waals surface area contributed by atoms with Gasteiger partial charge in [-0.3, -0.25) is 4.79 Å². The molecule has 0 aliphatic rings. The van der Waals surface area contributed by atoms with E-state index in [1.807, 2.05) is 6.08 Å². The van der Waals surface area contributed by atoms with Gasteiger partial charge in [0.2, 0.25) is 6.29 Å². The molecule has 0 saturated heterocycles. The molecule has 0 heterocycles. The molecule has 0 amide bonds. The summed E-state index contributed by atoms with van der Waals surface area (Å²) in [5.41, 5.74) is 0. The molecule has 0 atom stereocenters. The van der Waals surface area contributed by atoms with E-state index in [2.05, 4.69) is 11.3 Å². The Labute approximate surface area is 66.0 Å². The van der Waals surface area contributed by atoms with Crippen LogP contribution in [0.1, 0.15) is 19.3 Å². The number of unbranched alkanes of at least 4 members (excludes halogenated alkanes) is 2. The van der Waals surface area contributed by atoms with E-state index in [0.29, 0.717) is 6.61 Å². The minimum atomic E-state index is -0.788. The van der Waals surface area contributed by atoms with Crippen molar-refractivity contribution in [3.63, 3.8) is 0 Å². The Morgan fingerprint density at radius 1 is 1.45 bits per heavy atom. The van der Waals surface area contributed by atoms with Crippen LogP contribution in [0.3, 0.4) is 0 Å². The van der Waals surface area contributed by atoms with Crippen molar-refractivity contribution in [2.45, 2.75) is 19.3 Å². The van der Waals surface area contributed by atoms with Crippen molar-refractivity contribution < 1.29 is 14.3 Å². The second kappa shape index (κ2) is 6.99. The van der Waals surface area contributed by atoms with Gasteiger partial charge in [0.15, 0.2) is 0 Å². The molecular weight excluding hydrogens is 144 g/mol. The van der Waals surface area contributed by atoms with Gasteiger partial charge in [-0.1, -0.05) is 6.08 Å². The van der Waals surface area contributed by atoms with Crippen molar-refractivity contribution in [1.29, 1.82) is 0 Å². The van der Waals surface area contributed by atoms with Crippen LogP contribution in [0.15, 0.2) is 12.7 Å². The molecule has 0 bridgehead atoms. The smallest absolute Gasteiger partial charge is 0.371 e. The molecule has 3 nitrogen and oxygen atoms in total. The number of esters is 1. The Morgan fingerprint density at radius 2 is 2.18 bits per heavy atom. The topological polar surface area (TPSA) is 43.4 Å². The van der Waals surface area contributed by atoms with Crippen molar-refractivity contribution >= 4 is 12.3 Å². The first-order valence-electron chi connectivity index (χ1n) is 3.54. The van der Waals surface area contributed by atoms with E-state index in [-0.39, 0.29) is 6.29 Å². The van der Waals surface area contributed by atoms with E-state index in [4.69, 9.17) is 0 Å². The number of carbonyl (C=O) groups excluding carboxylic acids is 2. The molecule has 0 radical (unpaired) electrons. The third kappa shape index (κ3) is 6.77. The summed E-state index contributed by atoms with van der Waals surface area (Å²) in [6.45, 7) is 3.87. The molecule has 0 fully saturated rings. The Kier molecular flexibility index (Phi) is 6.28. The molecule has 0 spiro atoms. The maximum Gasteiger partial charge on any atom is 0.371 e. The highest BCUT2D eigenvalue weighted by molar-refractivity contribution is 6.20. The molecule has 0 unspecified atom stereocenters. The van der Waals surface area contributed by atoms with Gasteiger partial charge in [0, 0.05) is 0 Å². The van der Waals surface area contributed by atoms with E-state index in [0.717, 1.165) is 19.3 Å². The molecule has 62 valence electrons. The lowest BCUT2D eigenvalue weighted by Gasteiger charge is -1.97. The maximum atomic E-state index is 10.2. The highest BCUT2D eigenvalue weighted by atomic mass is 16.5. The van der Waals surface area contributed by atoms with Crippen molar-refractivity contribution in [3.8, 4) is 0 Å². The number of ether oxygens (including phenoxy) is 1. The van der Waals surface area contributed by atoms with E-state index in [1.54, 1.807) is 0 Å². The van der Waals surface area contributed by atoms with Gasteiger partial charge in [0.25, 0.3) is 0 Å². The standard InChI is InChI=1S/C8H12O3/c1-2-3-4-5-6-11-8(10)7-9/h2,7H,1,3-6H2. The van der Waals surface area contributed by atoms with Crippen LogP contribution in [-0.4, -0.2) is 18.9 Å². The summed E-state index contributed by atoms with van der Waals surface area (Å²) < 4.78 is 4.50. The van der Waals surface area contributed by atoms with E-state index in [9.17, 15) is 9.59 Å². The Bertz CT molecular complexity index is 140. The molecule has 0 N–H and O–H groups in total. The molecule has 0 aromatic heterocycles. The third-order valence-electron chi connectivity index (χ3n) is 1.14. The lowest BCUT2D eigenvalue weighted by molar-refractivity contribution is -0.148. The normalized spacial score (nSPS) is 8.73. The first kappa shape index (κ1) is 9.88. The zero-order chi connectivity index (χ0) is 8.53. The second-order valence-corrected chi connectivity index (χ2v) is 2.07. The predicted molar refractivity (Wildman–Crippen MR) is 41.1 cm³/mol. The van der Waals surface area contributed by atoms with Gasteiger partial charge < -0.3 is 4.74 Å². The first-order valence-corrected chi connectivity index (χ1v) is 3.54. The lowest BCUT2D eigenvalue weighted by Crippen LogP contribution is -2.06. The Morgan fingerprint density at radius 3 is 2.73 bits per heavy atom. The van der Waals surface area contributed by atoms with Crippen molar-refractivity contribution in [2.24, 2.45) is 0 Å². The second-order valence-electron chi connectivity index (χ2n) is 2.07. The van der Waals surface area contributed by atoms with Crippen LogP contribution < -0.4 is 0 Å². The van der Waals surface area contributed by atoms with Gasteiger partial charge >= 0.3 is 5.97 Å². The zero-order valence-electron chi connectivity index (χ0n) is 6.41. The maximum absolute atomic E-state index is 10.2. The largest absolute Gasteiger partial charge is 0.460 e. The number of allylic oxidation sites excluding steroid dienone is 1. The van der Waals surface area contributed by atoms with Crippen LogP contribution in [0.4, 0.5) is 0 Å². The fourth-order valence-electron chi connectivity index (χ4n) is 0.598. The SMILES string of the molecule is C=CCCCCOC(=O)C=O. The number of hydrogen-bond donors (Lipinski definition) is 0. The van der Waals surface area contributed by atoms with Crippen molar-refractivity contribution in [3.05, 3.63) is 12.7 Å². The number of carbonyl (C=O) groups is 2. The average molecular weight is 156 g/mol. The predicted octanol–water partition coefficient (Wildman–Crippen LogP) is 1.08. The molecule has 0 aromatic carbocycles. The first-order chi connectivity index (χ1) is 5.31. The van der Waals surface area contributed by atoms with Crippen LogP contribution in [0.2, 0.25) is 0 Å². The number of rotatable bonds is 6. The molecule has 0 aromatic rings. The Hall–Kier alpha value is -1.12. The summed E-state index contributed by atoms with van der Waals surface area (Å²) >= 11 is 0. The summed E-state index contributed by atoms with van der Waals surface area (Å²) in [6, 6.07) is 0. The van der Waals surface area contributed by atoms with Crippen LogP contribution in [0.5, 0.6) is 0 Å². The number of hydrogen-bond acceptors (Lipinski definition) is 3. The quantitative estimate of drug-likeness (QED) is 0.190.